The number of hydrogen-bond acceptors (Lipinski definition) is 3. The van der Waals surface area contributed by atoms with Crippen molar-refractivity contribution in [2.45, 2.75) is 65.0 Å². The molecule has 0 amide bonds. The van der Waals surface area contributed by atoms with Gasteiger partial charge in [0.1, 0.15) is 11.3 Å². The average molecular weight is 310 g/mol. The summed E-state index contributed by atoms with van der Waals surface area (Å²) in [7, 11) is 0. The third-order valence-electron chi connectivity index (χ3n) is 4.04. The van der Waals surface area contributed by atoms with Gasteiger partial charge in [-0.05, 0) is 19.8 Å². The van der Waals surface area contributed by atoms with Crippen LogP contribution in [0.2, 0.25) is 0 Å². The number of nitrogens with zero attached hydrogens (tertiary/aromatic N) is 4. The van der Waals surface area contributed by atoms with Crippen molar-refractivity contribution in [3.05, 3.63) is 17.6 Å². The zero-order valence-corrected chi connectivity index (χ0v) is 13.8. The predicted octanol–water partition coefficient (Wildman–Crippen LogP) is 3.17. The van der Waals surface area contributed by atoms with E-state index in [2.05, 4.69) is 35.3 Å². The highest BCUT2D eigenvalue weighted by Gasteiger charge is 2.15. The molecule has 0 aliphatic heterocycles. The molecule has 1 saturated carbocycles. The topological polar surface area (TPSA) is 58.9 Å². The van der Waals surface area contributed by atoms with Gasteiger partial charge in [0.05, 0.1) is 12.4 Å². The van der Waals surface area contributed by atoms with Gasteiger partial charge in [0.15, 0.2) is 11.1 Å². The van der Waals surface area contributed by atoms with Crippen LogP contribution < -0.4 is 5.49 Å². The molecule has 1 aliphatic rings. The average Bonchev–Trinajstić information content (AvgIpc) is 3.07. The van der Waals surface area contributed by atoms with Gasteiger partial charge in [0, 0.05) is 12.5 Å². The van der Waals surface area contributed by atoms with Crippen LogP contribution in [0.3, 0.4) is 0 Å². The predicted molar refractivity (Wildman–Crippen MR) is 86.7 cm³/mol. The Kier molecular flexibility index (Phi) is 5.04. The van der Waals surface area contributed by atoms with Crippen molar-refractivity contribution in [1.82, 2.24) is 19.5 Å². The number of fused-ring (bicyclic) bond motifs is 1. The lowest BCUT2D eigenvalue weighted by molar-refractivity contribution is 0.675. The van der Waals surface area contributed by atoms with Gasteiger partial charge in [0.25, 0.3) is 0 Å². The van der Waals surface area contributed by atoms with E-state index >= 15 is 0 Å². The minimum Gasteiger partial charge on any atom is -0.337 e. The first kappa shape index (κ1) is 16.0. The van der Waals surface area contributed by atoms with Gasteiger partial charge in [-0.15, -0.1) is 12.4 Å². The van der Waals surface area contributed by atoms with Crippen LogP contribution in [0.4, 0.5) is 0 Å². The largest absolute Gasteiger partial charge is 0.337 e. The minimum absolute atomic E-state index is 0. The molecule has 2 aromatic rings. The van der Waals surface area contributed by atoms with Crippen LogP contribution in [0.25, 0.3) is 11.2 Å². The van der Waals surface area contributed by atoms with Gasteiger partial charge in [-0.25, -0.2) is 9.97 Å². The summed E-state index contributed by atoms with van der Waals surface area (Å²) in [4.78, 5) is 17.5. The Morgan fingerprint density at radius 3 is 2.71 bits per heavy atom. The molecule has 0 aromatic carbocycles. The number of aryl methyl sites for hydroxylation is 1. The van der Waals surface area contributed by atoms with E-state index in [1.54, 1.807) is 0 Å². The fraction of sp³-hybridized carbons (Fsp3) is 0.667. The van der Waals surface area contributed by atoms with E-state index in [-0.39, 0.29) is 12.4 Å². The lowest BCUT2D eigenvalue weighted by Gasteiger charge is -2.04. The van der Waals surface area contributed by atoms with Crippen molar-refractivity contribution in [3.8, 4) is 0 Å². The molecule has 1 fully saturated rings. The molecular formula is C15H24ClN5. The third-order valence-corrected chi connectivity index (χ3v) is 4.04. The van der Waals surface area contributed by atoms with Gasteiger partial charge < -0.3 is 9.55 Å². The number of rotatable bonds is 3. The number of H-pyrrole nitrogens is 1. The molecule has 1 aliphatic carbocycles. The number of halogens is 1. The first-order chi connectivity index (χ1) is 9.69. The molecule has 2 heterocycles. The highest BCUT2D eigenvalue weighted by atomic mass is 35.5. The maximum Gasteiger partial charge on any atom is 0.176 e. The van der Waals surface area contributed by atoms with Crippen LogP contribution in [-0.4, -0.2) is 25.6 Å². The number of imidazole rings is 1. The van der Waals surface area contributed by atoms with Crippen molar-refractivity contribution in [3.63, 3.8) is 0 Å². The summed E-state index contributed by atoms with van der Waals surface area (Å²) < 4.78 is 2.07. The Bertz CT molecular complexity index is 664. The zero-order valence-electron chi connectivity index (χ0n) is 13.0. The molecule has 0 spiro atoms. The maximum absolute atomic E-state index is 4.84. The molecule has 6 heteroatoms. The summed E-state index contributed by atoms with van der Waals surface area (Å²) in [6.07, 6.45) is 6.83. The normalized spacial score (nSPS) is 16.9. The summed E-state index contributed by atoms with van der Waals surface area (Å²) in [5.74, 6) is 1.39. The molecule has 1 N–H and O–H groups in total. The Morgan fingerprint density at radius 1 is 1.38 bits per heavy atom. The Morgan fingerprint density at radius 2 is 2.10 bits per heavy atom. The lowest BCUT2D eigenvalue weighted by atomic mass is 10.2. The highest BCUT2D eigenvalue weighted by Crippen LogP contribution is 2.20. The van der Waals surface area contributed by atoms with Crippen LogP contribution >= 0.6 is 12.4 Å². The monoisotopic (exact) mass is 309 g/mol. The summed E-state index contributed by atoms with van der Waals surface area (Å²) >= 11 is 0. The molecule has 0 atom stereocenters. The molecule has 0 unspecified atom stereocenters. The van der Waals surface area contributed by atoms with E-state index in [9.17, 15) is 0 Å². The lowest BCUT2D eigenvalue weighted by Crippen LogP contribution is -2.17. The molecular weight excluding hydrogens is 286 g/mol. The van der Waals surface area contributed by atoms with E-state index in [1.807, 2.05) is 6.33 Å². The number of aromatic amines is 1. The number of hydrogen-bond donors (Lipinski definition) is 1. The second-order valence-corrected chi connectivity index (χ2v) is 5.90. The van der Waals surface area contributed by atoms with Gasteiger partial charge >= 0.3 is 0 Å². The molecule has 2 aromatic heterocycles. The van der Waals surface area contributed by atoms with E-state index in [4.69, 9.17) is 9.98 Å². The second-order valence-electron chi connectivity index (χ2n) is 5.90. The molecule has 0 radical (unpaired) electrons. The first-order valence-electron chi connectivity index (χ1n) is 7.68. The van der Waals surface area contributed by atoms with E-state index in [0.29, 0.717) is 12.0 Å². The molecule has 3 rings (SSSR count). The summed E-state index contributed by atoms with van der Waals surface area (Å²) in [5.41, 5.74) is 2.80. The van der Waals surface area contributed by atoms with E-state index < -0.39 is 0 Å². The smallest absolute Gasteiger partial charge is 0.176 e. The minimum atomic E-state index is 0. The molecule has 5 nitrogen and oxygen atoms in total. The van der Waals surface area contributed by atoms with Crippen LogP contribution in [0.5, 0.6) is 0 Å². The number of aromatic nitrogens is 4. The zero-order chi connectivity index (χ0) is 14.1. The molecule has 0 bridgehead atoms. The SMILES string of the molecule is CCn1cnc(=NC2CCCC2)c2[nH]c(C(C)C)nc21.Cl. The van der Waals surface area contributed by atoms with E-state index in [0.717, 1.165) is 29.0 Å². The Balaban J connectivity index is 0.00000161. The molecule has 21 heavy (non-hydrogen) atoms. The van der Waals surface area contributed by atoms with Crippen molar-refractivity contribution >= 4 is 23.6 Å². The van der Waals surface area contributed by atoms with Crippen LogP contribution in [-0.2, 0) is 6.54 Å². The van der Waals surface area contributed by atoms with Crippen molar-refractivity contribution in [2.75, 3.05) is 0 Å². The summed E-state index contributed by atoms with van der Waals surface area (Å²) in [6, 6.07) is 0.439. The first-order valence-corrected chi connectivity index (χ1v) is 7.68. The Labute approximate surface area is 131 Å². The van der Waals surface area contributed by atoms with Gasteiger partial charge in [0.2, 0.25) is 0 Å². The summed E-state index contributed by atoms with van der Waals surface area (Å²) in [5, 5.41) is 0. The number of nitrogens with one attached hydrogen (secondary N) is 1. The fourth-order valence-electron chi connectivity index (χ4n) is 2.80. The van der Waals surface area contributed by atoms with Gasteiger partial charge in [-0.1, -0.05) is 26.7 Å². The maximum atomic E-state index is 4.84. The highest BCUT2D eigenvalue weighted by molar-refractivity contribution is 5.85. The molecule has 0 saturated heterocycles. The second kappa shape index (κ2) is 6.60. The van der Waals surface area contributed by atoms with Crippen molar-refractivity contribution in [1.29, 1.82) is 0 Å². The van der Waals surface area contributed by atoms with Crippen LogP contribution in [0.15, 0.2) is 11.3 Å². The van der Waals surface area contributed by atoms with Crippen molar-refractivity contribution < 1.29 is 0 Å². The standard InChI is InChI=1S/C15H23N5.ClH/c1-4-20-9-16-14(17-11-7-5-6-8-11)12-15(20)19-13(18-12)10(2)3;/h9-11H,4-8H2,1-3H3,(H,18,19);1H. The van der Waals surface area contributed by atoms with Crippen molar-refractivity contribution in [2.24, 2.45) is 4.99 Å². The van der Waals surface area contributed by atoms with Crippen LogP contribution in [0, 0.1) is 0 Å². The molecule has 116 valence electrons. The van der Waals surface area contributed by atoms with E-state index in [1.165, 1.54) is 25.7 Å². The summed E-state index contributed by atoms with van der Waals surface area (Å²) in [6.45, 7) is 7.28. The fourth-order valence-corrected chi connectivity index (χ4v) is 2.80. The van der Waals surface area contributed by atoms with Gasteiger partial charge in [-0.3, -0.25) is 4.99 Å². The van der Waals surface area contributed by atoms with Gasteiger partial charge in [-0.2, -0.15) is 0 Å². The quantitative estimate of drug-likeness (QED) is 0.946. The third kappa shape index (κ3) is 3.12. The Hall–Kier alpha value is -1.36. The van der Waals surface area contributed by atoms with Crippen LogP contribution in [0.1, 0.15) is 58.2 Å².